The van der Waals surface area contributed by atoms with Crippen molar-refractivity contribution in [3.05, 3.63) is 12.2 Å². The van der Waals surface area contributed by atoms with Gasteiger partial charge in [0, 0.05) is 13.1 Å². The number of ether oxygens (including phenoxy) is 3. The zero-order valence-corrected chi connectivity index (χ0v) is 32.5. The monoisotopic (exact) mass is 687 g/mol. The van der Waals surface area contributed by atoms with Crippen LogP contribution < -0.4 is 10.6 Å². The molecule has 0 bridgehead atoms. The van der Waals surface area contributed by atoms with E-state index in [0.29, 0.717) is 69.1 Å². The third-order valence-corrected chi connectivity index (χ3v) is 15.3. The van der Waals surface area contributed by atoms with Gasteiger partial charge in [-0.2, -0.15) is 0 Å². The van der Waals surface area contributed by atoms with Crippen LogP contribution in [0.25, 0.3) is 0 Å². The van der Waals surface area contributed by atoms with E-state index in [4.69, 9.17) is 14.2 Å². The van der Waals surface area contributed by atoms with Crippen LogP contribution in [0.2, 0.25) is 0 Å². The minimum atomic E-state index is -0.523. The van der Waals surface area contributed by atoms with E-state index in [0.717, 1.165) is 38.5 Å². The van der Waals surface area contributed by atoms with E-state index < -0.39 is 11.7 Å². The highest BCUT2D eigenvalue weighted by Gasteiger charge is 2.71. The molecule has 8 nitrogen and oxygen atoms in total. The lowest BCUT2D eigenvalue weighted by Gasteiger charge is -2.72. The zero-order chi connectivity index (χ0) is 36.0. The molecule has 3 N–H and O–H groups in total. The van der Waals surface area contributed by atoms with Gasteiger partial charge in [0.25, 0.3) is 0 Å². The fourth-order valence-corrected chi connectivity index (χ4v) is 12.8. The second kappa shape index (κ2) is 14.1. The molecule has 0 radical (unpaired) electrons. The lowest BCUT2D eigenvalue weighted by atomic mass is 9.32. The van der Waals surface area contributed by atoms with Crippen molar-refractivity contribution >= 4 is 12.0 Å². The van der Waals surface area contributed by atoms with E-state index in [2.05, 4.69) is 58.8 Å². The Kier molecular flexibility index (Phi) is 11.1. The summed E-state index contributed by atoms with van der Waals surface area (Å²) >= 11 is 0. The Hall–Kier alpha value is -1.64. The summed E-state index contributed by atoms with van der Waals surface area (Å²) in [6.45, 7) is 27.2. The molecule has 5 aliphatic carbocycles. The number of carbonyl (C=O) groups is 2. The molecule has 0 aromatic heterocycles. The molecule has 3 unspecified atom stereocenters. The SMILES string of the molecule is C=C(C)[C@@H]1CC[C@]2(C(=O)NCCOCCOCCNC(=O)OC(C)(C)C)CC[C@]3(C)C(CC[C@@H]4[C@@]5(C)CC[C@@H](O)C(C)(C)C5CC[C@]43C)C12. The van der Waals surface area contributed by atoms with Gasteiger partial charge in [0.1, 0.15) is 5.60 Å². The largest absolute Gasteiger partial charge is 0.444 e. The number of hydrogen-bond donors (Lipinski definition) is 3. The van der Waals surface area contributed by atoms with E-state index in [1.807, 2.05) is 20.8 Å². The summed E-state index contributed by atoms with van der Waals surface area (Å²) in [4.78, 5) is 26.0. The van der Waals surface area contributed by atoms with E-state index in [-0.39, 0.29) is 39.1 Å². The standard InChI is InChI=1S/C41H70N2O6/c1-27(2)28-13-18-41(34(45)42-21-23-47-25-26-48-24-22-43-35(46)49-36(3,4)5)20-19-39(9)29(33(28)41)11-12-31-38(8)16-15-32(44)37(6,7)30(38)14-17-40(31,39)10/h28-33,44H,1,11-26H2,2-10H3,(H,42,45)(H,43,46)/t28-,29?,30?,31+,32+,33?,38-,39+,40+,41-/m0/s1. The summed E-state index contributed by atoms with van der Waals surface area (Å²) in [6.07, 6.45) is 10.3. The number of carbonyl (C=O) groups excluding carboxylic acids is 2. The maximum Gasteiger partial charge on any atom is 0.407 e. The Morgan fingerprint density at radius 3 is 2.06 bits per heavy atom. The second-order valence-electron chi connectivity index (χ2n) is 19.1. The molecule has 0 aliphatic heterocycles. The fraction of sp³-hybridized carbons (Fsp3) is 0.902. The molecule has 0 heterocycles. The van der Waals surface area contributed by atoms with Gasteiger partial charge in [0.05, 0.1) is 37.9 Å². The molecule has 8 heteroatoms. The van der Waals surface area contributed by atoms with Crippen molar-refractivity contribution in [1.29, 1.82) is 0 Å². The van der Waals surface area contributed by atoms with Crippen LogP contribution in [0, 0.1) is 56.7 Å². The average Bonchev–Trinajstić information content (AvgIpc) is 3.41. The molecular weight excluding hydrogens is 616 g/mol. The molecule has 49 heavy (non-hydrogen) atoms. The van der Waals surface area contributed by atoms with E-state index in [9.17, 15) is 14.7 Å². The van der Waals surface area contributed by atoms with Crippen LogP contribution in [0.4, 0.5) is 4.79 Å². The normalized spacial score (nSPS) is 41.0. The lowest BCUT2D eigenvalue weighted by Crippen LogP contribution is -2.67. The van der Waals surface area contributed by atoms with Crippen LogP contribution in [-0.2, 0) is 19.0 Å². The van der Waals surface area contributed by atoms with Gasteiger partial charge in [-0.15, -0.1) is 0 Å². The van der Waals surface area contributed by atoms with Gasteiger partial charge in [-0.25, -0.2) is 4.79 Å². The first-order valence-corrected chi connectivity index (χ1v) is 19.6. The molecule has 5 fully saturated rings. The lowest BCUT2D eigenvalue weighted by molar-refractivity contribution is -0.246. The highest BCUT2D eigenvalue weighted by Crippen LogP contribution is 2.77. The van der Waals surface area contributed by atoms with E-state index in [1.54, 1.807) is 0 Å². The van der Waals surface area contributed by atoms with Gasteiger partial charge in [0.2, 0.25) is 5.91 Å². The van der Waals surface area contributed by atoms with E-state index in [1.165, 1.54) is 31.3 Å². The Balaban J connectivity index is 1.18. The van der Waals surface area contributed by atoms with Gasteiger partial charge >= 0.3 is 6.09 Å². The number of rotatable bonds is 11. The first-order chi connectivity index (χ1) is 22.8. The Labute approximate surface area is 297 Å². The number of amides is 2. The van der Waals surface area contributed by atoms with Gasteiger partial charge in [0.15, 0.2) is 0 Å². The summed E-state index contributed by atoms with van der Waals surface area (Å²) in [5, 5.41) is 17.1. The minimum absolute atomic E-state index is 0.0418. The number of alkyl carbamates (subject to hydrolysis) is 1. The molecule has 5 saturated carbocycles. The van der Waals surface area contributed by atoms with Crippen molar-refractivity contribution < 1.29 is 28.9 Å². The molecule has 0 spiro atoms. The van der Waals surface area contributed by atoms with E-state index >= 15 is 0 Å². The smallest absolute Gasteiger partial charge is 0.407 e. The maximum absolute atomic E-state index is 14.3. The molecule has 0 aromatic rings. The third kappa shape index (κ3) is 6.86. The summed E-state index contributed by atoms with van der Waals surface area (Å²) in [7, 11) is 0. The molecule has 2 amide bonds. The minimum Gasteiger partial charge on any atom is -0.444 e. The summed E-state index contributed by atoms with van der Waals surface area (Å²) in [6, 6.07) is 0. The van der Waals surface area contributed by atoms with Crippen LogP contribution in [0.15, 0.2) is 12.2 Å². The number of nitrogens with one attached hydrogen (secondary N) is 2. The zero-order valence-electron chi connectivity index (χ0n) is 32.5. The van der Waals surface area contributed by atoms with Crippen molar-refractivity contribution in [3.63, 3.8) is 0 Å². The molecule has 5 rings (SSSR count). The molecule has 0 saturated heterocycles. The van der Waals surface area contributed by atoms with Gasteiger partial charge < -0.3 is 30.0 Å². The predicted octanol–water partition coefficient (Wildman–Crippen LogP) is 7.68. The van der Waals surface area contributed by atoms with Crippen LogP contribution in [0.3, 0.4) is 0 Å². The van der Waals surface area contributed by atoms with Crippen LogP contribution >= 0.6 is 0 Å². The summed E-state index contributed by atoms with van der Waals surface area (Å²) in [5.74, 6) is 2.67. The highest BCUT2D eigenvalue weighted by atomic mass is 16.6. The molecule has 5 aliphatic rings. The second-order valence-corrected chi connectivity index (χ2v) is 19.1. The molecule has 0 aromatic carbocycles. The van der Waals surface area contributed by atoms with Crippen molar-refractivity contribution in [2.45, 2.75) is 138 Å². The van der Waals surface area contributed by atoms with Crippen molar-refractivity contribution in [1.82, 2.24) is 10.6 Å². The maximum atomic E-state index is 14.3. The van der Waals surface area contributed by atoms with Crippen molar-refractivity contribution in [2.24, 2.45) is 56.7 Å². The Morgan fingerprint density at radius 1 is 0.776 bits per heavy atom. The average molecular weight is 687 g/mol. The number of aliphatic hydroxyl groups excluding tert-OH is 1. The molecule has 10 atom stereocenters. The van der Waals surface area contributed by atoms with Crippen LogP contribution in [-0.4, -0.2) is 68.3 Å². The van der Waals surface area contributed by atoms with Crippen molar-refractivity contribution in [3.8, 4) is 0 Å². The Bertz CT molecular complexity index is 1230. The molecule has 280 valence electrons. The highest BCUT2D eigenvalue weighted by molar-refractivity contribution is 5.84. The van der Waals surface area contributed by atoms with Gasteiger partial charge in [-0.05, 0) is 143 Å². The quantitative estimate of drug-likeness (QED) is 0.152. The first-order valence-electron chi connectivity index (χ1n) is 19.6. The Morgan fingerprint density at radius 2 is 1.43 bits per heavy atom. The number of fused-ring (bicyclic) bond motifs is 7. The predicted molar refractivity (Wildman–Crippen MR) is 194 cm³/mol. The number of allylic oxidation sites excluding steroid dienone is 1. The van der Waals surface area contributed by atoms with Gasteiger partial charge in [-0.3, -0.25) is 4.79 Å². The first kappa shape index (κ1) is 38.6. The number of aliphatic hydroxyl groups is 1. The van der Waals surface area contributed by atoms with Crippen LogP contribution in [0.1, 0.15) is 127 Å². The summed E-state index contributed by atoms with van der Waals surface area (Å²) in [5.41, 5.74) is 1.01. The molecular formula is C41H70N2O6. The fourth-order valence-electron chi connectivity index (χ4n) is 12.8. The van der Waals surface area contributed by atoms with Gasteiger partial charge in [-0.1, -0.05) is 46.8 Å². The van der Waals surface area contributed by atoms with Crippen LogP contribution in [0.5, 0.6) is 0 Å². The van der Waals surface area contributed by atoms with Crippen molar-refractivity contribution in [2.75, 3.05) is 39.5 Å². The topological polar surface area (TPSA) is 106 Å². The third-order valence-electron chi connectivity index (χ3n) is 15.3. The number of hydrogen-bond acceptors (Lipinski definition) is 6. The summed E-state index contributed by atoms with van der Waals surface area (Å²) < 4.78 is 16.6.